The van der Waals surface area contributed by atoms with Gasteiger partial charge in [-0.3, -0.25) is 4.79 Å². The van der Waals surface area contributed by atoms with E-state index in [2.05, 4.69) is 24.1 Å². The van der Waals surface area contributed by atoms with E-state index in [1.807, 2.05) is 60.7 Å². The van der Waals surface area contributed by atoms with E-state index in [0.29, 0.717) is 17.0 Å². The Morgan fingerprint density at radius 2 is 1.73 bits per heavy atom. The van der Waals surface area contributed by atoms with Gasteiger partial charge in [0.1, 0.15) is 0 Å². The molecule has 0 saturated heterocycles. The molecule has 5 heteroatoms. The summed E-state index contributed by atoms with van der Waals surface area (Å²) in [5.41, 5.74) is 6.77. The molecule has 0 spiro atoms. The Labute approximate surface area is 175 Å². The molecule has 0 atom stereocenters. The number of benzene rings is 3. The van der Waals surface area contributed by atoms with E-state index >= 15 is 0 Å². The number of hydrogen-bond acceptors (Lipinski definition) is 3. The van der Waals surface area contributed by atoms with Crippen LogP contribution in [0.1, 0.15) is 29.2 Å². The van der Waals surface area contributed by atoms with Crippen LogP contribution in [-0.2, 0) is 4.79 Å². The zero-order chi connectivity index (χ0) is 21.3. The lowest BCUT2D eigenvalue weighted by atomic mass is 10.0. The molecule has 0 bridgehead atoms. The smallest absolute Gasteiger partial charge is 0.221 e. The van der Waals surface area contributed by atoms with Crippen molar-refractivity contribution >= 4 is 33.9 Å². The molecule has 30 heavy (non-hydrogen) atoms. The summed E-state index contributed by atoms with van der Waals surface area (Å²) in [5, 5.41) is 14.4. The fourth-order valence-corrected chi connectivity index (χ4v) is 3.49. The monoisotopic (exact) mass is 397 g/mol. The van der Waals surface area contributed by atoms with Crippen LogP contribution in [0.25, 0.3) is 10.9 Å². The van der Waals surface area contributed by atoms with Gasteiger partial charge in [0.25, 0.3) is 0 Å². The van der Waals surface area contributed by atoms with Gasteiger partial charge in [0.15, 0.2) is 5.88 Å². The molecule has 150 valence electrons. The first-order valence-corrected chi connectivity index (χ1v) is 9.76. The van der Waals surface area contributed by atoms with Crippen molar-refractivity contribution in [1.29, 1.82) is 0 Å². The Hall–Kier alpha value is -3.86. The highest BCUT2D eigenvalue weighted by Crippen LogP contribution is 2.33. The van der Waals surface area contributed by atoms with E-state index in [1.54, 1.807) is 6.07 Å². The molecule has 4 aromatic rings. The average Bonchev–Trinajstić information content (AvgIpc) is 3.04. The van der Waals surface area contributed by atoms with Crippen LogP contribution in [-0.4, -0.2) is 21.7 Å². The molecule has 1 amide bonds. The quantitative estimate of drug-likeness (QED) is 0.391. The number of aromatic nitrogens is 1. The molecule has 3 N–H and O–H groups in total. The second-order valence-corrected chi connectivity index (χ2v) is 7.39. The van der Waals surface area contributed by atoms with Gasteiger partial charge in [-0.1, -0.05) is 36.4 Å². The summed E-state index contributed by atoms with van der Waals surface area (Å²) in [6.07, 6.45) is 0. The van der Waals surface area contributed by atoms with Crippen LogP contribution in [0.2, 0.25) is 0 Å². The van der Waals surface area contributed by atoms with E-state index in [-0.39, 0.29) is 11.8 Å². The minimum absolute atomic E-state index is 0.0383. The van der Waals surface area contributed by atoms with Crippen molar-refractivity contribution in [2.45, 2.75) is 20.8 Å². The van der Waals surface area contributed by atoms with Crippen LogP contribution in [0.5, 0.6) is 5.88 Å². The first-order valence-electron chi connectivity index (χ1n) is 9.76. The van der Waals surface area contributed by atoms with Gasteiger partial charge in [-0.2, -0.15) is 0 Å². The van der Waals surface area contributed by atoms with Gasteiger partial charge >= 0.3 is 0 Å². The van der Waals surface area contributed by atoms with Crippen molar-refractivity contribution in [2.75, 3.05) is 5.32 Å². The molecule has 0 fully saturated rings. The summed E-state index contributed by atoms with van der Waals surface area (Å²) in [6.45, 7) is 5.59. The largest absolute Gasteiger partial charge is 0.494 e. The van der Waals surface area contributed by atoms with Gasteiger partial charge in [-0.25, -0.2) is 4.99 Å². The van der Waals surface area contributed by atoms with Gasteiger partial charge in [-0.05, 0) is 55.3 Å². The molecule has 1 heterocycles. The number of aryl methyl sites for hydroxylation is 2. The number of amides is 1. The molecule has 1 aromatic heterocycles. The second-order valence-electron chi connectivity index (χ2n) is 7.39. The van der Waals surface area contributed by atoms with Gasteiger partial charge in [0.2, 0.25) is 5.91 Å². The summed E-state index contributed by atoms with van der Waals surface area (Å²) >= 11 is 0. The maximum atomic E-state index is 11.4. The molecular weight excluding hydrogens is 374 g/mol. The number of carbonyl (C=O) groups excluding carboxylic acids is 1. The molecule has 5 nitrogen and oxygen atoms in total. The zero-order valence-electron chi connectivity index (χ0n) is 17.2. The number of anilines is 1. The second kappa shape index (κ2) is 7.87. The van der Waals surface area contributed by atoms with Gasteiger partial charge in [0, 0.05) is 23.6 Å². The van der Waals surface area contributed by atoms with Crippen molar-refractivity contribution in [3.8, 4) is 5.88 Å². The number of nitrogens with zero attached hydrogens (tertiary/aromatic N) is 1. The summed E-state index contributed by atoms with van der Waals surface area (Å²) in [6, 6.07) is 21.4. The summed E-state index contributed by atoms with van der Waals surface area (Å²) in [4.78, 5) is 19.3. The first kappa shape index (κ1) is 19.5. The summed E-state index contributed by atoms with van der Waals surface area (Å²) < 4.78 is 0. The number of aromatic amines is 1. The molecule has 0 aliphatic carbocycles. The highest BCUT2D eigenvalue weighted by Gasteiger charge is 2.19. The predicted octanol–water partition coefficient (Wildman–Crippen LogP) is 5.62. The maximum Gasteiger partial charge on any atom is 0.221 e. The topological polar surface area (TPSA) is 77.5 Å². The standard InChI is InChI=1S/C25H23N3O2/c1-15-9-10-19(13-16(15)2)27-24(18-7-5-4-6-8-18)23-21-12-11-20(26-17(3)29)14-22(21)28-25(23)30/h4-14,28,30H,1-3H3,(H,26,29). The molecule has 0 unspecified atom stereocenters. The van der Waals surface area contributed by atoms with Crippen molar-refractivity contribution in [3.05, 3.63) is 89.0 Å². The van der Waals surface area contributed by atoms with Crippen LogP contribution in [0, 0.1) is 13.8 Å². The van der Waals surface area contributed by atoms with E-state index in [0.717, 1.165) is 27.7 Å². The number of aliphatic imine (C=N–C) groups is 1. The SMILES string of the molecule is CC(=O)Nc1ccc2c(C(=Nc3ccc(C)c(C)c3)c3ccccc3)c(O)[nH]c2c1. The Morgan fingerprint density at radius 3 is 2.43 bits per heavy atom. The Morgan fingerprint density at radius 1 is 0.967 bits per heavy atom. The van der Waals surface area contributed by atoms with E-state index in [9.17, 15) is 9.90 Å². The lowest BCUT2D eigenvalue weighted by Gasteiger charge is -2.09. The minimum atomic E-state index is -0.147. The molecule has 0 saturated carbocycles. The summed E-state index contributed by atoms with van der Waals surface area (Å²) in [7, 11) is 0. The number of H-pyrrole nitrogens is 1. The van der Waals surface area contributed by atoms with E-state index in [1.165, 1.54) is 12.5 Å². The van der Waals surface area contributed by atoms with Crippen molar-refractivity contribution in [2.24, 2.45) is 4.99 Å². The van der Waals surface area contributed by atoms with Crippen LogP contribution >= 0.6 is 0 Å². The molecule has 4 rings (SSSR count). The predicted molar refractivity (Wildman–Crippen MR) is 122 cm³/mol. The van der Waals surface area contributed by atoms with Gasteiger partial charge in [-0.15, -0.1) is 0 Å². The third kappa shape index (κ3) is 3.82. The molecular formula is C25H23N3O2. The fourth-order valence-electron chi connectivity index (χ4n) is 3.49. The lowest BCUT2D eigenvalue weighted by Crippen LogP contribution is -2.05. The zero-order valence-corrected chi connectivity index (χ0v) is 17.2. The highest BCUT2D eigenvalue weighted by atomic mass is 16.3. The van der Waals surface area contributed by atoms with Gasteiger partial charge < -0.3 is 15.4 Å². The van der Waals surface area contributed by atoms with E-state index < -0.39 is 0 Å². The number of hydrogen-bond donors (Lipinski definition) is 3. The molecule has 3 aromatic carbocycles. The number of fused-ring (bicyclic) bond motifs is 1. The minimum Gasteiger partial charge on any atom is -0.494 e. The van der Waals surface area contributed by atoms with Crippen LogP contribution in [0.4, 0.5) is 11.4 Å². The average molecular weight is 397 g/mol. The normalized spacial score (nSPS) is 11.6. The Kier molecular flexibility index (Phi) is 5.11. The molecule has 0 radical (unpaired) electrons. The molecule has 0 aliphatic rings. The number of carbonyl (C=O) groups is 1. The first-order chi connectivity index (χ1) is 14.4. The highest BCUT2D eigenvalue weighted by molar-refractivity contribution is 6.22. The van der Waals surface area contributed by atoms with Crippen LogP contribution in [0.15, 0.2) is 71.7 Å². The van der Waals surface area contributed by atoms with Crippen LogP contribution in [0.3, 0.4) is 0 Å². The number of aromatic hydroxyl groups is 1. The van der Waals surface area contributed by atoms with E-state index in [4.69, 9.17) is 4.99 Å². The fraction of sp³-hybridized carbons (Fsp3) is 0.120. The van der Waals surface area contributed by atoms with Crippen LogP contribution < -0.4 is 5.32 Å². The Bertz CT molecular complexity index is 1270. The summed E-state index contributed by atoms with van der Waals surface area (Å²) in [5.74, 6) is -0.108. The third-order valence-corrected chi connectivity index (χ3v) is 5.11. The molecule has 0 aliphatic heterocycles. The number of rotatable bonds is 4. The van der Waals surface area contributed by atoms with Crippen molar-refractivity contribution in [3.63, 3.8) is 0 Å². The van der Waals surface area contributed by atoms with Gasteiger partial charge in [0.05, 0.1) is 22.5 Å². The van der Waals surface area contributed by atoms with Crippen molar-refractivity contribution in [1.82, 2.24) is 4.98 Å². The Balaban J connectivity index is 1.92. The third-order valence-electron chi connectivity index (χ3n) is 5.11. The lowest BCUT2D eigenvalue weighted by molar-refractivity contribution is -0.114. The number of nitrogens with one attached hydrogen (secondary N) is 2. The maximum absolute atomic E-state index is 11.4. The van der Waals surface area contributed by atoms with Crippen molar-refractivity contribution < 1.29 is 9.90 Å².